The number of carbonyl (C=O) groups is 5. The molecule has 0 aromatic heterocycles. The Morgan fingerprint density at radius 3 is 2.70 bits per heavy atom. The Bertz CT molecular complexity index is 880. The monoisotopic (exact) mass is 416 g/mol. The summed E-state index contributed by atoms with van der Waals surface area (Å²) < 4.78 is 10.8. The predicted octanol–water partition coefficient (Wildman–Crippen LogP) is 0.895. The van der Waals surface area contributed by atoms with Crippen LogP contribution in [0.3, 0.4) is 0 Å². The SMILES string of the molecule is CCCOCCNC(=O)COc1cccc2c1C(=O)N(C1CCC(=O)CC1=O)C2=O. The molecule has 1 unspecified atom stereocenters. The maximum atomic E-state index is 12.9. The van der Waals surface area contributed by atoms with Crippen molar-refractivity contribution in [2.24, 2.45) is 0 Å². The molecule has 2 aliphatic rings. The van der Waals surface area contributed by atoms with Gasteiger partial charge >= 0.3 is 0 Å². The molecule has 0 bridgehead atoms. The number of hydrogen-bond acceptors (Lipinski definition) is 7. The van der Waals surface area contributed by atoms with E-state index in [0.29, 0.717) is 19.8 Å². The van der Waals surface area contributed by atoms with Gasteiger partial charge in [-0.05, 0) is 25.0 Å². The Kier molecular flexibility index (Phi) is 6.94. The molecule has 1 heterocycles. The maximum Gasteiger partial charge on any atom is 0.266 e. The molecule has 0 saturated heterocycles. The Labute approximate surface area is 173 Å². The summed E-state index contributed by atoms with van der Waals surface area (Å²) in [4.78, 5) is 62.3. The molecule has 30 heavy (non-hydrogen) atoms. The van der Waals surface area contributed by atoms with Crippen molar-refractivity contribution in [1.82, 2.24) is 10.2 Å². The zero-order valence-corrected chi connectivity index (χ0v) is 16.8. The number of rotatable bonds is 9. The Balaban J connectivity index is 1.66. The van der Waals surface area contributed by atoms with E-state index in [2.05, 4.69) is 5.32 Å². The van der Waals surface area contributed by atoms with Crippen LogP contribution < -0.4 is 10.1 Å². The number of ketones is 2. The van der Waals surface area contributed by atoms with Gasteiger partial charge in [-0.3, -0.25) is 28.9 Å². The van der Waals surface area contributed by atoms with Gasteiger partial charge in [-0.2, -0.15) is 0 Å². The van der Waals surface area contributed by atoms with E-state index in [0.717, 1.165) is 11.3 Å². The van der Waals surface area contributed by atoms with Gasteiger partial charge in [-0.15, -0.1) is 0 Å². The second-order valence-electron chi connectivity index (χ2n) is 7.15. The van der Waals surface area contributed by atoms with E-state index in [4.69, 9.17) is 9.47 Å². The van der Waals surface area contributed by atoms with Crippen LogP contribution in [-0.4, -0.2) is 66.6 Å². The van der Waals surface area contributed by atoms with Gasteiger partial charge in [0.2, 0.25) is 0 Å². The summed E-state index contributed by atoms with van der Waals surface area (Å²) >= 11 is 0. The fourth-order valence-electron chi connectivity index (χ4n) is 3.51. The topological polar surface area (TPSA) is 119 Å². The van der Waals surface area contributed by atoms with Gasteiger partial charge in [0.25, 0.3) is 17.7 Å². The smallest absolute Gasteiger partial charge is 0.266 e. The number of nitrogens with zero attached hydrogens (tertiary/aromatic N) is 1. The van der Waals surface area contributed by atoms with E-state index in [-0.39, 0.29) is 54.4 Å². The van der Waals surface area contributed by atoms with Crippen molar-refractivity contribution in [3.05, 3.63) is 29.3 Å². The zero-order chi connectivity index (χ0) is 21.7. The molecular weight excluding hydrogens is 392 g/mol. The third-order valence-electron chi connectivity index (χ3n) is 4.94. The molecule has 1 N–H and O–H groups in total. The molecule has 3 amide bonds. The number of hydrogen-bond donors (Lipinski definition) is 1. The van der Waals surface area contributed by atoms with Crippen LogP contribution in [0.2, 0.25) is 0 Å². The van der Waals surface area contributed by atoms with Crippen molar-refractivity contribution in [2.45, 2.75) is 38.6 Å². The molecule has 1 aliphatic carbocycles. The minimum atomic E-state index is -0.950. The number of fused-ring (bicyclic) bond motifs is 1. The fraction of sp³-hybridized carbons (Fsp3) is 0.476. The first kappa shape index (κ1) is 21.6. The summed E-state index contributed by atoms with van der Waals surface area (Å²) in [6.45, 7) is 3.00. The average Bonchev–Trinajstić information content (AvgIpc) is 2.97. The summed E-state index contributed by atoms with van der Waals surface area (Å²) in [5, 5.41) is 2.64. The first-order valence-electron chi connectivity index (χ1n) is 9.96. The first-order chi connectivity index (χ1) is 14.4. The maximum absolute atomic E-state index is 12.9. The lowest BCUT2D eigenvalue weighted by Crippen LogP contribution is -2.47. The molecule has 1 saturated carbocycles. The van der Waals surface area contributed by atoms with Gasteiger partial charge in [0.05, 0.1) is 30.2 Å². The summed E-state index contributed by atoms with van der Waals surface area (Å²) in [5.41, 5.74) is 0.154. The zero-order valence-electron chi connectivity index (χ0n) is 16.8. The Hall–Kier alpha value is -3.07. The van der Waals surface area contributed by atoms with Crippen LogP contribution in [-0.2, 0) is 19.1 Å². The number of ether oxygens (including phenoxy) is 2. The lowest BCUT2D eigenvalue weighted by Gasteiger charge is -2.27. The molecule has 9 heteroatoms. The van der Waals surface area contributed by atoms with Crippen molar-refractivity contribution < 1.29 is 33.4 Å². The molecule has 160 valence electrons. The number of Topliss-reactive ketones (excluding diaryl/α,β-unsaturated/α-hetero) is 2. The van der Waals surface area contributed by atoms with E-state index in [9.17, 15) is 24.0 Å². The third-order valence-corrected chi connectivity index (χ3v) is 4.94. The van der Waals surface area contributed by atoms with Gasteiger partial charge in [-0.1, -0.05) is 13.0 Å². The molecule has 1 aliphatic heterocycles. The summed E-state index contributed by atoms with van der Waals surface area (Å²) in [7, 11) is 0. The minimum Gasteiger partial charge on any atom is -0.483 e. The Morgan fingerprint density at radius 2 is 1.97 bits per heavy atom. The standard InChI is InChI=1S/C21H24N2O7/c1-2-9-29-10-8-22-18(26)12-30-17-5-3-4-14-19(17)21(28)23(20(14)27)15-7-6-13(24)11-16(15)25/h3-5,15H,2,6-12H2,1H3,(H,22,26). The first-order valence-corrected chi connectivity index (χ1v) is 9.96. The van der Waals surface area contributed by atoms with Crippen LogP contribution in [0.5, 0.6) is 5.75 Å². The number of amides is 3. The van der Waals surface area contributed by atoms with Crippen molar-refractivity contribution in [3.8, 4) is 5.75 Å². The van der Waals surface area contributed by atoms with Crippen LogP contribution in [0.25, 0.3) is 0 Å². The molecule has 1 atom stereocenters. The highest BCUT2D eigenvalue weighted by Gasteiger charge is 2.45. The van der Waals surface area contributed by atoms with E-state index in [1.807, 2.05) is 6.92 Å². The van der Waals surface area contributed by atoms with Gasteiger partial charge in [0.1, 0.15) is 11.5 Å². The second-order valence-corrected chi connectivity index (χ2v) is 7.15. The van der Waals surface area contributed by atoms with Crippen molar-refractivity contribution in [1.29, 1.82) is 0 Å². The molecule has 1 fully saturated rings. The van der Waals surface area contributed by atoms with Gasteiger partial charge < -0.3 is 14.8 Å². The number of benzene rings is 1. The summed E-state index contributed by atoms with van der Waals surface area (Å²) in [6, 6.07) is 3.57. The number of nitrogens with one attached hydrogen (secondary N) is 1. The molecule has 1 aromatic carbocycles. The number of imide groups is 1. The second kappa shape index (κ2) is 9.62. The van der Waals surface area contributed by atoms with Crippen molar-refractivity contribution in [3.63, 3.8) is 0 Å². The molecule has 1 aromatic rings. The molecular formula is C21H24N2O7. The molecule has 3 rings (SSSR count). The van der Waals surface area contributed by atoms with Gasteiger partial charge in [0, 0.05) is 19.6 Å². The van der Waals surface area contributed by atoms with Crippen LogP contribution >= 0.6 is 0 Å². The highest BCUT2D eigenvalue weighted by molar-refractivity contribution is 6.24. The fourth-order valence-corrected chi connectivity index (χ4v) is 3.51. The lowest BCUT2D eigenvalue weighted by atomic mass is 9.92. The molecule has 9 nitrogen and oxygen atoms in total. The van der Waals surface area contributed by atoms with E-state index in [1.165, 1.54) is 12.1 Å². The minimum absolute atomic E-state index is 0.0336. The number of carbonyl (C=O) groups excluding carboxylic acids is 5. The molecule has 0 spiro atoms. The highest BCUT2D eigenvalue weighted by Crippen LogP contribution is 2.34. The van der Waals surface area contributed by atoms with Crippen LogP contribution in [0, 0.1) is 0 Å². The predicted molar refractivity (Wildman–Crippen MR) is 104 cm³/mol. The quantitative estimate of drug-likeness (QED) is 0.361. The van der Waals surface area contributed by atoms with Crippen LogP contribution in [0.4, 0.5) is 0 Å². The molecule has 0 radical (unpaired) electrons. The lowest BCUT2D eigenvalue weighted by molar-refractivity contribution is -0.132. The summed E-state index contributed by atoms with van der Waals surface area (Å²) in [6.07, 6.45) is 0.892. The van der Waals surface area contributed by atoms with E-state index >= 15 is 0 Å². The largest absolute Gasteiger partial charge is 0.483 e. The van der Waals surface area contributed by atoms with Crippen LogP contribution in [0.1, 0.15) is 53.3 Å². The van der Waals surface area contributed by atoms with Crippen molar-refractivity contribution in [2.75, 3.05) is 26.4 Å². The van der Waals surface area contributed by atoms with E-state index < -0.39 is 23.6 Å². The van der Waals surface area contributed by atoms with E-state index in [1.54, 1.807) is 6.07 Å². The summed E-state index contributed by atoms with van der Waals surface area (Å²) in [5.74, 6) is -2.15. The van der Waals surface area contributed by atoms with Crippen LogP contribution in [0.15, 0.2) is 18.2 Å². The third kappa shape index (κ3) is 4.56. The van der Waals surface area contributed by atoms with Gasteiger partial charge in [-0.25, -0.2) is 0 Å². The Morgan fingerprint density at radius 1 is 1.17 bits per heavy atom. The highest BCUT2D eigenvalue weighted by atomic mass is 16.5. The van der Waals surface area contributed by atoms with Crippen molar-refractivity contribution >= 4 is 29.3 Å². The normalized spacial score (nSPS) is 18.6. The van der Waals surface area contributed by atoms with Gasteiger partial charge in [0.15, 0.2) is 12.4 Å². The average molecular weight is 416 g/mol.